The van der Waals surface area contributed by atoms with Crippen LogP contribution in [0.15, 0.2) is 95.4 Å². The lowest BCUT2D eigenvalue weighted by atomic mass is 10.1. The van der Waals surface area contributed by atoms with Crippen LogP contribution in [0.3, 0.4) is 0 Å². The maximum absolute atomic E-state index is 12.8. The van der Waals surface area contributed by atoms with Gasteiger partial charge in [0.1, 0.15) is 56.6 Å². The minimum atomic E-state index is -0.534. The number of carbonyl (C=O) groups is 4. The summed E-state index contributed by atoms with van der Waals surface area (Å²) < 4.78 is 44.7. The Morgan fingerprint density at radius 2 is 0.938 bits per heavy atom. The standard InChI is InChI=1S/C48H54N4O12/c1-6-57-38-24-22-37(23-25-38)48-50-49-47(64-48)36-20-17-34(18-21-36)15-16-35-19-26-40(52(32-45(55)60-9-4)33-46(56)61-10-5)42(29-35)63-28-27-62-41-14-12-11-13-39(41)51(30-43(53)58-7-2)31-44(54)59-8-3/h11-26,29H,6-10,27-28,30-33H2,1-5H3/b16-15+. The van der Waals surface area contributed by atoms with Gasteiger partial charge in [0.15, 0.2) is 0 Å². The number of nitrogens with zero attached hydrogens (tertiary/aromatic N) is 4. The van der Waals surface area contributed by atoms with E-state index in [2.05, 4.69) is 10.2 Å². The molecule has 0 aliphatic rings. The fourth-order valence-corrected chi connectivity index (χ4v) is 6.30. The zero-order chi connectivity index (χ0) is 45.7. The Morgan fingerprint density at radius 1 is 0.500 bits per heavy atom. The van der Waals surface area contributed by atoms with E-state index >= 15 is 0 Å². The highest BCUT2D eigenvalue weighted by molar-refractivity contribution is 5.84. The number of hydrogen-bond acceptors (Lipinski definition) is 16. The van der Waals surface area contributed by atoms with Crippen LogP contribution in [0, 0.1) is 0 Å². The van der Waals surface area contributed by atoms with Crippen molar-refractivity contribution in [2.45, 2.75) is 34.6 Å². The Hall–Kier alpha value is -7.36. The van der Waals surface area contributed by atoms with Gasteiger partial charge in [0, 0.05) is 11.1 Å². The molecule has 0 saturated heterocycles. The van der Waals surface area contributed by atoms with Gasteiger partial charge in [-0.3, -0.25) is 19.2 Å². The van der Waals surface area contributed by atoms with Gasteiger partial charge >= 0.3 is 23.9 Å². The SMILES string of the molecule is CCOC(=O)CN(CC(=O)OCC)c1ccccc1OCCOc1cc(/C=C/c2ccc(-c3nnc(-c4ccc(OCC)cc4)o3)cc2)ccc1N(CC(=O)OCC)CC(=O)OCC. The minimum Gasteiger partial charge on any atom is -0.494 e. The molecule has 64 heavy (non-hydrogen) atoms. The topological polar surface area (TPSA) is 178 Å². The van der Waals surface area contributed by atoms with Crippen molar-refractivity contribution < 1.29 is 56.8 Å². The van der Waals surface area contributed by atoms with Gasteiger partial charge in [-0.1, -0.05) is 42.5 Å². The van der Waals surface area contributed by atoms with Gasteiger partial charge in [0.2, 0.25) is 11.8 Å². The highest BCUT2D eigenvalue weighted by Crippen LogP contribution is 2.32. The molecule has 0 spiro atoms. The van der Waals surface area contributed by atoms with Crippen LogP contribution in [-0.2, 0) is 38.1 Å². The molecule has 5 aromatic rings. The van der Waals surface area contributed by atoms with Crippen LogP contribution in [-0.4, -0.2) is 107 Å². The largest absolute Gasteiger partial charge is 0.494 e. The van der Waals surface area contributed by atoms with Gasteiger partial charge in [-0.05, 0) is 106 Å². The summed E-state index contributed by atoms with van der Waals surface area (Å²) in [6.07, 6.45) is 3.83. The molecule has 0 amide bonds. The number of para-hydroxylation sites is 2. The van der Waals surface area contributed by atoms with Gasteiger partial charge in [0.25, 0.3) is 0 Å². The van der Waals surface area contributed by atoms with Gasteiger partial charge in [-0.25, -0.2) is 0 Å². The zero-order valence-corrected chi connectivity index (χ0v) is 36.8. The van der Waals surface area contributed by atoms with E-state index in [1.807, 2.05) is 73.7 Å². The second-order valence-electron chi connectivity index (χ2n) is 13.6. The Balaban J connectivity index is 1.35. The van der Waals surface area contributed by atoms with E-state index in [4.69, 9.17) is 37.6 Å². The fraction of sp³-hybridized carbons (Fsp3) is 0.333. The van der Waals surface area contributed by atoms with E-state index in [1.54, 1.807) is 64.1 Å². The van der Waals surface area contributed by atoms with E-state index < -0.39 is 23.9 Å². The first-order valence-electron chi connectivity index (χ1n) is 21.1. The molecule has 0 unspecified atom stereocenters. The minimum absolute atomic E-state index is 0.0222. The molecule has 0 radical (unpaired) electrons. The molecule has 4 aromatic carbocycles. The van der Waals surface area contributed by atoms with Gasteiger partial charge in [-0.15, -0.1) is 10.2 Å². The molecule has 0 fully saturated rings. The van der Waals surface area contributed by atoms with Gasteiger partial charge in [-0.2, -0.15) is 0 Å². The molecule has 0 N–H and O–H groups in total. The van der Waals surface area contributed by atoms with Crippen molar-refractivity contribution in [1.29, 1.82) is 0 Å². The van der Waals surface area contributed by atoms with Crippen LogP contribution in [0.25, 0.3) is 35.1 Å². The molecule has 16 nitrogen and oxygen atoms in total. The second kappa shape index (κ2) is 24.9. The molecule has 0 saturated carbocycles. The Morgan fingerprint density at radius 3 is 1.44 bits per heavy atom. The van der Waals surface area contributed by atoms with Crippen molar-refractivity contribution in [3.05, 3.63) is 102 Å². The quantitative estimate of drug-likeness (QED) is 0.0247. The number of aromatic nitrogens is 2. The van der Waals surface area contributed by atoms with Crippen LogP contribution in [0.5, 0.6) is 17.2 Å². The number of benzene rings is 4. The summed E-state index contributed by atoms with van der Waals surface area (Å²) in [7, 11) is 0. The first-order chi connectivity index (χ1) is 31.1. The molecule has 0 bridgehead atoms. The van der Waals surface area contributed by atoms with E-state index in [1.165, 1.54) is 9.80 Å². The van der Waals surface area contributed by atoms with Crippen molar-refractivity contribution in [3.63, 3.8) is 0 Å². The second-order valence-corrected chi connectivity index (χ2v) is 13.6. The van der Waals surface area contributed by atoms with E-state index in [-0.39, 0.29) is 65.8 Å². The van der Waals surface area contributed by atoms with E-state index in [0.29, 0.717) is 41.3 Å². The van der Waals surface area contributed by atoms with Crippen molar-refractivity contribution in [2.24, 2.45) is 0 Å². The summed E-state index contributed by atoms with van der Waals surface area (Å²) in [5.41, 5.74) is 4.10. The number of rotatable bonds is 25. The third-order valence-electron chi connectivity index (χ3n) is 9.09. The predicted molar refractivity (Wildman–Crippen MR) is 240 cm³/mol. The monoisotopic (exact) mass is 878 g/mol. The van der Waals surface area contributed by atoms with Gasteiger partial charge in [0.05, 0.1) is 44.4 Å². The lowest BCUT2D eigenvalue weighted by molar-refractivity contribution is -0.144. The van der Waals surface area contributed by atoms with Crippen LogP contribution in [0.2, 0.25) is 0 Å². The number of anilines is 2. The van der Waals surface area contributed by atoms with Crippen LogP contribution >= 0.6 is 0 Å². The predicted octanol–water partition coefficient (Wildman–Crippen LogP) is 7.30. The van der Waals surface area contributed by atoms with E-state index in [0.717, 1.165) is 28.0 Å². The Labute approximate surface area is 372 Å². The first kappa shape index (κ1) is 47.7. The zero-order valence-electron chi connectivity index (χ0n) is 36.8. The summed E-state index contributed by atoms with van der Waals surface area (Å²) in [6, 6.07) is 27.4. The highest BCUT2D eigenvalue weighted by Gasteiger charge is 2.23. The maximum Gasteiger partial charge on any atom is 0.325 e. The van der Waals surface area contributed by atoms with E-state index in [9.17, 15) is 19.2 Å². The summed E-state index contributed by atoms with van der Waals surface area (Å²) in [6.45, 7) is 9.15. The van der Waals surface area contributed by atoms with Crippen molar-refractivity contribution in [1.82, 2.24) is 10.2 Å². The Kier molecular flexibility index (Phi) is 18.6. The molecule has 16 heteroatoms. The lowest BCUT2D eigenvalue weighted by Crippen LogP contribution is -2.36. The van der Waals surface area contributed by atoms with Crippen LogP contribution < -0.4 is 24.0 Å². The summed E-state index contributed by atoms with van der Waals surface area (Å²) in [4.78, 5) is 53.6. The number of carbonyl (C=O) groups excluding carboxylic acids is 4. The average Bonchev–Trinajstić information content (AvgIpc) is 3.78. The molecule has 5 rings (SSSR count). The fourth-order valence-electron chi connectivity index (χ4n) is 6.30. The summed E-state index contributed by atoms with van der Waals surface area (Å²) in [5.74, 6) is 0.179. The molecular formula is C48H54N4O12. The van der Waals surface area contributed by atoms with Crippen molar-refractivity contribution in [3.8, 4) is 40.2 Å². The van der Waals surface area contributed by atoms with Crippen molar-refractivity contribution in [2.75, 3.05) is 82.2 Å². The van der Waals surface area contributed by atoms with Gasteiger partial charge < -0.3 is 47.4 Å². The third-order valence-corrected chi connectivity index (χ3v) is 9.09. The molecule has 1 heterocycles. The number of hydrogen-bond donors (Lipinski definition) is 0. The molecule has 338 valence electrons. The number of esters is 4. The average molecular weight is 879 g/mol. The lowest BCUT2D eigenvalue weighted by Gasteiger charge is -2.26. The summed E-state index contributed by atoms with van der Waals surface area (Å²) >= 11 is 0. The first-order valence-corrected chi connectivity index (χ1v) is 21.1. The summed E-state index contributed by atoms with van der Waals surface area (Å²) in [5, 5.41) is 8.46. The smallest absolute Gasteiger partial charge is 0.325 e. The molecule has 0 atom stereocenters. The maximum atomic E-state index is 12.8. The Bertz CT molecular complexity index is 2270. The highest BCUT2D eigenvalue weighted by atomic mass is 16.6. The third kappa shape index (κ3) is 14.4. The van der Waals surface area contributed by atoms with Crippen LogP contribution in [0.4, 0.5) is 11.4 Å². The van der Waals surface area contributed by atoms with Crippen LogP contribution in [0.1, 0.15) is 45.7 Å². The number of ether oxygens (including phenoxy) is 7. The molecule has 1 aromatic heterocycles. The van der Waals surface area contributed by atoms with Crippen molar-refractivity contribution >= 4 is 47.4 Å². The molecule has 0 aliphatic heterocycles. The molecule has 0 aliphatic carbocycles. The normalized spacial score (nSPS) is 10.8. The molecular weight excluding hydrogens is 825 g/mol.